The van der Waals surface area contributed by atoms with Crippen LogP contribution in [0.2, 0.25) is 0 Å². The van der Waals surface area contributed by atoms with Crippen molar-refractivity contribution in [2.24, 2.45) is 0 Å². The standard InChI is InChI=1S/C23H23N7O3S2/c31-18(14-16-8-3-1-4-9-16)25-21-29-27-19(34-21)11-5-2-6-12-20-28-30-22(35-20)26-23(32)33-17-10-7-13-24-15-17/h1,3-4,7-10,13,15H,2,5-6,11-12,14H2,(H,25,29,31)(H,26,30,32). The van der Waals surface area contributed by atoms with Gasteiger partial charge in [-0.15, -0.1) is 20.4 Å². The zero-order chi connectivity index (χ0) is 24.3. The van der Waals surface area contributed by atoms with Crippen molar-refractivity contribution in [1.82, 2.24) is 25.4 Å². The van der Waals surface area contributed by atoms with Gasteiger partial charge in [0.2, 0.25) is 16.2 Å². The van der Waals surface area contributed by atoms with E-state index >= 15 is 0 Å². The number of ether oxygens (including phenoxy) is 1. The van der Waals surface area contributed by atoms with E-state index < -0.39 is 6.09 Å². The Hall–Kier alpha value is -3.77. The quantitative estimate of drug-likeness (QED) is 0.282. The Morgan fingerprint density at radius 3 is 2.14 bits per heavy atom. The maximum absolute atomic E-state index is 12.2. The first-order chi connectivity index (χ1) is 17.1. The molecule has 0 aliphatic heterocycles. The van der Waals surface area contributed by atoms with Gasteiger partial charge in [-0.05, 0) is 30.5 Å². The van der Waals surface area contributed by atoms with Crippen LogP contribution in [-0.2, 0) is 24.1 Å². The number of carbonyl (C=O) groups is 2. The third kappa shape index (κ3) is 8.19. The van der Waals surface area contributed by atoms with Gasteiger partial charge in [0.25, 0.3) is 0 Å². The van der Waals surface area contributed by atoms with E-state index in [1.165, 1.54) is 28.9 Å². The molecule has 0 atom stereocenters. The summed E-state index contributed by atoms with van der Waals surface area (Å²) in [4.78, 5) is 28.0. The number of rotatable bonds is 11. The number of nitrogens with zero attached hydrogens (tertiary/aromatic N) is 5. The molecule has 0 spiro atoms. The van der Waals surface area contributed by atoms with Crippen LogP contribution in [0.25, 0.3) is 0 Å². The van der Waals surface area contributed by atoms with Crippen LogP contribution in [0.5, 0.6) is 5.75 Å². The van der Waals surface area contributed by atoms with E-state index in [1.807, 2.05) is 30.3 Å². The summed E-state index contributed by atoms with van der Waals surface area (Å²) in [5.74, 6) is 0.252. The molecule has 0 fully saturated rings. The summed E-state index contributed by atoms with van der Waals surface area (Å²) in [7, 11) is 0. The zero-order valence-electron chi connectivity index (χ0n) is 18.7. The first-order valence-corrected chi connectivity index (χ1v) is 12.6. The van der Waals surface area contributed by atoms with Gasteiger partial charge in [-0.3, -0.25) is 15.1 Å². The highest BCUT2D eigenvalue weighted by Gasteiger charge is 2.11. The van der Waals surface area contributed by atoms with Crippen molar-refractivity contribution in [3.8, 4) is 5.75 Å². The summed E-state index contributed by atoms with van der Waals surface area (Å²) in [6, 6.07) is 12.9. The predicted molar refractivity (Wildman–Crippen MR) is 134 cm³/mol. The fourth-order valence-corrected chi connectivity index (χ4v) is 4.68. The molecule has 35 heavy (non-hydrogen) atoms. The molecule has 0 radical (unpaired) electrons. The molecule has 4 rings (SSSR count). The third-order valence-electron chi connectivity index (χ3n) is 4.72. The summed E-state index contributed by atoms with van der Waals surface area (Å²) in [5.41, 5.74) is 0.956. The molecule has 2 amide bonds. The number of carbonyl (C=O) groups excluding carboxylic acids is 2. The Morgan fingerprint density at radius 1 is 0.800 bits per heavy atom. The Balaban J connectivity index is 1.11. The second-order valence-corrected chi connectivity index (χ2v) is 9.60. The Kier molecular flexibility index (Phi) is 8.79. The molecule has 0 saturated carbocycles. The summed E-state index contributed by atoms with van der Waals surface area (Å²) in [6.07, 6.45) is 7.18. The molecule has 0 bridgehead atoms. The van der Waals surface area contributed by atoms with Crippen molar-refractivity contribution in [2.45, 2.75) is 38.5 Å². The highest BCUT2D eigenvalue weighted by Crippen LogP contribution is 2.20. The maximum atomic E-state index is 12.2. The van der Waals surface area contributed by atoms with Gasteiger partial charge < -0.3 is 10.1 Å². The largest absolute Gasteiger partial charge is 0.419 e. The Bertz CT molecular complexity index is 1140. The molecule has 0 aliphatic rings. The van der Waals surface area contributed by atoms with Gasteiger partial charge in [-0.1, -0.05) is 59.4 Å². The molecule has 3 heterocycles. The monoisotopic (exact) mass is 509 g/mol. The van der Waals surface area contributed by atoms with E-state index in [0.29, 0.717) is 22.4 Å². The number of aryl methyl sites for hydroxylation is 2. The molecule has 10 nitrogen and oxygen atoms in total. The summed E-state index contributed by atoms with van der Waals surface area (Å²) < 4.78 is 5.13. The average Bonchev–Trinajstić information content (AvgIpc) is 3.49. The van der Waals surface area contributed by atoms with Gasteiger partial charge in [0, 0.05) is 19.0 Å². The topological polar surface area (TPSA) is 132 Å². The number of hydrogen-bond acceptors (Lipinski definition) is 10. The number of aromatic nitrogens is 5. The van der Waals surface area contributed by atoms with E-state index in [1.54, 1.807) is 18.3 Å². The van der Waals surface area contributed by atoms with E-state index in [2.05, 4.69) is 36.0 Å². The van der Waals surface area contributed by atoms with Gasteiger partial charge in [0.05, 0.1) is 12.6 Å². The van der Waals surface area contributed by atoms with Crippen molar-refractivity contribution >= 4 is 44.9 Å². The molecule has 180 valence electrons. The van der Waals surface area contributed by atoms with Crippen LogP contribution in [0.1, 0.15) is 34.8 Å². The first-order valence-electron chi connectivity index (χ1n) is 11.0. The van der Waals surface area contributed by atoms with E-state index in [-0.39, 0.29) is 5.91 Å². The summed E-state index contributed by atoms with van der Waals surface area (Å²) in [5, 5.41) is 24.4. The number of hydrogen-bond donors (Lipinski definition) is 2. The second-order valence-electron chi connectivity index (χ2n) is 7.48. The van der Waals surface area contributed by atoms with Gasteiger partial charge in [-0.25, -0.2) is 4.79 Å². The lowest BCUT2D eigenvalue weighted by molar-refractivity contribution is -0.115. The van der Waals surface area contributed by atoms with Gasteiger partial charge >= 0.3 is 6.09 Å². The molecule has 4 aromatic rings. The SMILES string of the molecule is O=C(Cc1ccccc1)Nc1nnc(CCCCCc2nnc(NC(=O)Oc3cccnc3)s2)s1. The fraction of sp³-hybridized carbons (Fsp3) is 0.261. The molecule has 0 aliphatic carbocycles. The number of anilines is 2. The lowest BCUT2D eigenvalue weighted by Crippen LogP contribution is -2.16. The van der Waals surface area contributed by atoms with Crippen LogP contribution in [-0.4, -0.2) is 37.4 Å². The molecule has 3 aromatic heterocycles. The van der Waals surface area contributed by atoms with Gasteiger partial charge in [0.1, 0.15) is 10.0 Å². The molecule has 0 saturated heterocycles. The van der Waals surface area contributed by atoms with E-state index in [4.69, 9.17) is 4.74 Å². The van der Waals surface area contributed by atoms with Crippen molar-refractivity contribution in [1.29, 1.82) is 0 Å². The second kappa shape index (κ2) is 12.6. The molecular formula is C23H23N7O3S2. The van der Waals surface area contributed by atoms with Crippen LogP contribution < -0.4 is 15.4 Å². The smallest absolute Gasteiger partial charge is 0.408 e. The lowest BCUT2D eigenvalue weighted by Gasteiger charge is -2.02. The minimum atomic E-state index is -0.631. The van der Waals surface area contributed by atoms with Crippen LogP contribution in [0.4, 0.5) is 15.1 Å². The number of pyridine rings is 1. The van der Waals surface area contributed by atoms with Crippen molar-refractivity contribution in [2.75, 3.05) is 10.6 Å². The Labute approximate surface area is 209 Å². The lowest BCUT2D eigenvalue weighted by atomic mass is 10.1. The summed E-state index contributed by atoms with van der Waals surface area (Å²) in [6.45, 7) is 0. The number of nitrogens with one attached hydrogen (secondary N) is 2. The van der Waals surface area contributed by atoms with Crippen LogP contribution in [0.3, 0.4) is 0 Å². The van der Waals surface area contributed by atoms with Gasteiger partial charge in [-0.2, -0.15) is 0 Å². The average molecular weight is 510 g/mol. The van der Waals surface area contributed by atoms with Crippen LogP contribution >= 0.6 is 22.7 Å². The van der Waals surface area contributed by atoms with Crippen molar-refractivity contribution in [3.63, 3.8) is 0 Å². The number of benzene rings is 1. The number of amides is 2. The highest BCUT2D eigenvalue weighted by molar-refractivity contribution is 7.15. The minimum absolute atomic E-state index is 0.102. The molecule has 0 unspecified atom stereocenters. The normalized spacial score (nSPS) is 10.6. The molecule has 1 aromatic carbocycles. The van der Waals surface area contributed by atoms with Crippen molar-refractivity contribution in [3.05, 3.63) is 70.4 Å². The minimum Gasteiger partial charge on any atom is -0.408 e. The fourth-order valence-electron chi connectivity index (χ4n) is 3.11. The number of unbranched alkanes of at least 4 members (excludes halogenated alkanes) is 2. The summed E-state index contributed by atoms with van der Waals surface area (Å²) >= 11 is 2.73. The molecule has 2 N–H and O–H groups in total. The Morgan fingerprint density at radius 2 is 1.49 bits per heavy atom. The van der Waals surface area contributed by atoms with Crippen molar-refractivity contribution < 1.29 is 14.3 Å². The van der Waals surface area contributed by atoms with Gasteiger partial charge in [0.15, 0.2) is 5.75 Å². The van der Waals surface area contributed by atoms with Crippen LogP contribution in [0.15, 0.2) is 54.9 Å². The van der Waals surface area contributed by atoms with E-state index in [9.17, 15) is 9.59 Å². The third-order valence-corrected chi connectivity index (χ3v) is 6.52. The van der Waals surface area contributed by atoms with E-state index in [0.717, 1.165) is 47.7 Å². The maximum Gasteiger partial charge on any atom is 0.419 e. The molecular weight excluding hydrogens is 486 g/mol. The van der Waals surface area contributed by atoms with Crippen LogP contribution in [0, 0.1) is 0 Å². The predicted octanol–water partition coefficient (Wildman–Crippen LogP) is 4.53. The molecule has 12 heteroatoms. The highest BCUT2D eigenvalue weighted by atomic mass is 32.1. The zero-order valence-corrected chi connectivity index (χ0v) is 20.3. The first kappa shape index (κ1) is 24.4.